The fourth-order valence-electron chi connectivity index (χ4n) is 4.08. The number of aryl methyl sites for hydroxylation is 2. The summed E-state index contributed by atoms with van der Waals surface area (Å²) >= 11 is 3.15. The lowest BCUT2D eigenvalue weighted by Gasteiger charge is -2.22. The molecule has 1 aliphatic rings. The van der Waals surface area contributed by atoms with Gasteiger partial charge in [0.25, 0.3) is 5.56 Å². The first kappa shape index (κ1) is 21.4. The van der Waals surface area contributed by atoms with Crippen LogP contribution in [-0.2, 0) is 4.74 Å². The Morgan fingerprint density at radius 1 is 1.12 bits per heavy atom. The molecule has 164 valence electrons. The Bertz CT molecular complexity index is 1300. The normalized spacial score (nSPS) is 16.5. The van der Waals surface area contributed by atoms with Gasteiger partial charge in [-0.3, -0.25) is 9.36 Å². The molecule has 1 atom stereocenters. The number of hydrogen-bond acceptors (Lipinski definition) is 5. The first-order valence-corrected chi connectivity index (χ1v) is 12.8. The van der Waals surface area contributed by atoms with E-state index in [1.807, 2.05) is 35.8 Å². The maximum Gasteiger partial charge on any atom is 0.276 e. The van der Waals surface area contributed by atoms with Crippen molar-refractivity contribution in [1.29, 1.82) is 0 Å². The van der Waals surface area contributed by atoms with E-state index in [1.165, 1.54) is 17.8 Å². The van der Waals surface area contributed by atoms with Gasteiger partial charge in [-0.25, -0.2) is 4.98 Å². The van der Waals surface area contributed by atoms with Crippen molar-refractivity contribution in [2.24, 2.45) is 0 Å². The minimum Gasteiger partial charge on any atom is -0.377 e. The van der Waals surface area contributed by atoms with Gasteiger partial charge < -0.3 is 4.74 Å². The summed E-state index contributed by atoms with van der Waals surface area (Å²) in [5.74, 6) is 0.804. The molecular weight excluding hydrogens is 436 g/mol. The van der Waals surface area contributed by atoms with Crippen LogP contribution in [0.1, 0.15) is 30.4 Å². The number of ether oxygens (including phenoxy) is 1. The van der Waals surface area contributed by atoms with E-state index in [1.54, 1.807) is 11.8 Å². The molecule has 1 unspecified atom stereocenters. The molecule has 2 aromatic carbocycles. The lowest BCUT2D eigenvalue weighted by atomic mass is 10.1. The molecule has 3 heterocycles. The lowest BCUT2D eigenvalue weighted by molar-refractivity contribution is 0.0315. The number of thiophene rings is 1. The second-order valence-electron chi connectivity index (χ2n) is 8.32. The van der Waals surface area contributed by atoms with Gasteiger partial charge in [-0.15, -0.1) is 11.3 Å². The van der Waals surface area contributed by atoms with E-state index in [2.05, 4.69) is 37.3 Å². The first-order valence-electron chi connectivity index (χ1n) is 11.0. The molecule has 5 rings (SSSR count). The average molecular weight is 463 g/mol. The molecule has 0 aliphatic carbocycles. The van der Waals surface area contributed by atoms with E-state index < -0.39 is 0 Å². The van der Waals surface area contributed by atoms with Gasteiger partial charge in [-0.2, -0.15) is 0 Å². The van der Waals surface area contributed by atoms with E-state index in [0.29, 0.717) is 4.70 Å². The smallest absolute Gasteiger partial charge is 0.276 e. The molecule has 0 amide bonds. The van der Waals surface area contributed by atoms with Crippen molar-refractivity contribution in [3.63, 3.8) is 0 Å². The van der Waals surface area contributed by atoms with Crippen LogP contribution in [0.5, 0.6) is 0 Å². The van der Waals surface area contributed by atoms with Gasteiger partial charge in [0.05, 0.1) is 17.3 Å². The zero-order valence-electron chi connectivity index (χ0n) is 18.3. The van der Waals surface area contributed by atoms with Gasteiger partial charge in [0.2, 0.25) is 0 Å². The molecule has 1 fully saturated rings. The number of rotatable bonds is 5. The van der Waals surface area contributed by atoms with Crippen molar-refractivity contribution < 1.29 is 4.74 Å². The SMILES string of the molecule is Cc1ccc(C)c(-n2c(SCC3CCCCO3)nc3cc(-c4ccccc4)sc3c2=O)c1. The van der Waals surface area contributed by atoms with Gasteiger partial charge in [-0.1, -0.05) is 54.2 Å². The molecule has 1 aliphatic heterocycles. The van der Waals surface area contributed by atoms with Crippen LogP contribution in [0.3, 0.4) is 0 Å². The standard InChI is InChI=1S/C26H26N2O2S2/c1-17-11-12-18(2)22(14-17)28-25(29)24-21(15-23(32-24)19-8-4-3-5-9-19)27-26(28)31-16-20-10-6-7-13-30-20/h3-5,8-9,11-12,14-15,20H,6-7,10,13,16H2,1-2H3. The molecule has 0 N–H and O–H groups in total. The van der Waals surface area contributed by atoms with Crippen molar-refractivity contribution in [1.82, 2.24) is 9.55 Å². The molecule has 32 heavy (non-hydrogen) atoms. The van der Waals surface area contributed by atoms with Crippen molar-refractivity contribution in [3.8, 4) is 16.1 Å². The number of aromatic nitrogens is 2. The number of nitrogens with zero attached hydrogens (tertiary/aromatic N) is 2. The fourth-order valence-corrected chi connectivity index (χ4v) is 6.18. The second kappa shape index (κ2) is 9.22. The van der Waals surface area contributed by atoms with Crippen LogP contribution in [0.15, 0.2) is 64.5 Å². The summed E-state index contributed by atoms with van der Waals surface area (Å²) in [5, 5.41) is 0.739. The fraction of sp³-hybridized carbons (Fsp3) is 0.308. The summed E-state index contributed by atoms with van der Waals surface area (Å²) in [4.78, 5) is 19.9. The van der Waals surface area contributed by atoms with Crippen LogP contribution >= 0.6 is 23.1 Å². The minimum absolute atomic E-state index is 0.00273. The van der Waals surface area contributed by atoms with Crippen molar-refractivity contribution >= 4 is 33.3 Å². The molecule has 6 heteroatoms. The number of thioether (sulfide) groups is 1. The van der Waals surface area contributed by atoms with Crippen LogP contribution in [0.2, 0.25) is 0 Å². The van der Waals surface area contributed by atoms with Gasteiger partial charge in [-0.05, 0) is 61.9 Å². The van der Waals surface area contributed by atoms with E-state index in [0.717, 1.165) is 63.1 Å². The van der Waals surface area contributed by atoms with Gasteiger partial charge >= 0.3 is 0 Å². The quantitative estimate of drug-likeness (QED) is 0.255. The van der Waals surface area contributed by atoms with E-state index in [-0.39, 0.29) is 11.7 Å². The second-order valence-corrected chi connectivity index (χ2v) is 10.4. The zero-order valence-corrected chi connectivity index (χ0v) is 20.0. The maximum atomic E-state index is 13.8. The molecule has 1 saturated heterocycles. The summed E-state index contributed by atoms with van der Waals surface area (Å²) in [5.41, 5.74) is 4.98. The number of hydrogen-bond donors (Lipinski definition) is 0. The Morgan fingerprint density at radius 2 is 1.97 bits per heavy atom. The molecule has 0 radical (unpaired) electrons. The van der Waals surface area contributed by atoms with Crippen molar-refractivity contribution in [3.05, 3.63) is 76.1 Å². The zero-order chi connectivity index (χ0) is 22.1. The molecular formula is C26H26N2O2S2. The summed E-state index contributed by atoms with van der Waals surface area (Å²) in [6, 6.07) is 18.5. The maximum absolute atomic E-state index is 13.8. The van der Waals surface area contributed by atoms with E-state index >= 15 is 0 Å². The predicted molar refractivity (Wildman–Crippen MR) is 134 cm³/mol. The van der Waals surface area contributed by atoms with Crippen LogP contribution in [0.4, 0.5) is 0 Å². The van der Waals surface area contributed by atoms with Gasteiger partial charge in [0, 0.05) is 17.2 Å². The van der Waals surface area contributed by atoms with Crippen LogP contribution in [-0.4, -0.2) is 28.0 Å². The highest BCUT2D eigenvalue weighted by Gasteiger charge is 2.20. The Morgan fingerprint density at radius 3 is 2.75 bits per heavy atom. The molecule has 4 aromatic rings. The summed E-state index contributed by atoms with van der Waals surface area (Å²) < 4.78 is 8.44. The van der Waals surface area contributed by atoms with Gasteiger partial charge in [0.1, 0.15) is 4.70 Å². The third-order valence-corrected chi connectivity index (χ3v) is 8.09. The molecule has 2 aromatic heterocycles. The largest absolute Gasteiger partial charge is 0.377 e. The number of benzene rings is 2. The Labute approximate surface area is 196 Å². The van der Waals surface area contributed by atoms with Gasteiger partial charge in [0.15, 0.2) is 5.16 Å². The number of fused-ring (bicyclic) bond motifs is 1. The Hall–Kier alpha value is -2.41. The summed E-state index contributed by atoms with van der Waals surface area (Å²) in [6.07, 6.45) is 3.62. The van der Waals surface area contributed by atoms with Crippen molar-refractivity contribution in [2.45, 2.75) is 44.4 Å². The summed E-state index contributed by atoms with van der Waals surface area (Å²) in [6.45, 7) is 4.93. The highest BCUT2D eigenvalue weighted by molar-refractivity contribution is 7.99. The molecule has 0 bridgehead atoms. The van der Waals surface area contributed by atoms with Crippen LogP contribution < -0.4 is 5.56 Å². The summed E-state index contributed by atoms with van der Waals surface area (Å²) in [7, 11) is 0. The van der Waals surface area contributed by atoms with Crippen LogP contribution in [0, 0.1) is 13.8 Å². The molecule has 0 saturated carbocycles. The lowest BCUT2D eigenvalue weighted by Crippen LogP contribution is -2.24. The van der Waals surface area contributed by atoms with E-state index in [9.17, 15) is 4.79 Å². The monoisotopic (exact) mass is 462 g/mol. The highest BCUT2D eigenvalue weighted by Crippen LogP contribution is 2.33. The molecule has 4 nitrogen and oxygen atoms in total. The van der Waals surface area contributed by atoms with E-state index in [4.69, 9.17) is 9.72 Å². The third kappa shape index (κ3) is 4.27. The Balaban J connectivity index is 1.64. The highest BCUT2D eigenvalue weighted by atomic mass is 32.2. The Kier molecular flexibility index (Phi) is 6.17. The van der Waals surface area contributed by atoms with Crippen molar-refractivity contribution in [2.75, 3.05) is 12.4 Å². The predicted octanol–water partition coefficient (Wildman–Crippen LogP) is 6.39. The topological polar surface area (TPSA) is 44.1 Å². The minimum atomic E-state index is 0.00273. The molecule has 0 spiro atoms. The third-order valence-electron chi connectivity index (χ3n) is 5.85. The average Bonchev–Trinajstić information content (AvgIpc) is 3.26. The first-order chi connectivity index (χ1) is 15.6. The van der Waals surface area contributed by atoms with Crippen LogP contribution in [0.25, 0.3) is 26.3 Å².